The molecule has 0 fully saturated rings. The van der Waals surface area contributed by atoms with E-state index in [0.717, 1.165) is 24.3 Å². The maximum absolute atomic E-state index is 12.6. The molecule has 5 N–H and O–H groups in total. The van der Waals surface area contributed by atoms with E-state index in [1.807, 2.05) is 0 Å². The van der Waals surface area contributed by atoms with Crippen molar-refractivity contribution in [2.75, 3.05) is 0 Å². The summed E-state index contributed by atoms with van der Waals surface area (Å²) in [6.45, 7) is 0. The van der Waals surface area contributed by atoms with Gasteiger partial charge in [0.05, 0.1) is 0 Å². The Morgan fingerprint density at radius 1 is 1.00 bits per heavy atom. The normalized spacial score (nSPS) is 13.7. The van der Waals surface area contributed by atoms with E-state index in [0.29, 0.717) is 0 Å². The number of benzene rings is 1. The molecule has 0 bridgehead atoms. The molecule has 0 aliphatic rings. The summed E-state index contributed by atoms with van der Waals surface area (Å²) in [6.07, 6.45) is -0.998. The Bertz CT molecular complexity index is 495. The maximum Gasteiger partial charge on any atom is 0.369 e. The maximum atomic E-state index is 12.6. The van der Waals surface area contributed by atoms with Gasteiger partial charge < -0.3 is 24.7 Å². The van der Waals surface area contributed by atoms with Gasteiger partial charge >= 0.3 is 15.2 Å². The SMILES string of the molecule is O=P(O)(O)C(O)(Cc1ccc(F)cc1)P(=O)(O)O. The molecule has 1 aromatic rings. The van der Waals surface area contributed by atoms with Gasteiger partial charge in [-0.3, -0.25) is 9.13 Å². The minimum atomic E-state index is -5.49. The fraction of sp³-hybridized carbons (Fsp3) is 0.250. The van der Waals surface area contributed by atoms with E-state index in [1.165, 1.54) is 0 Å². The predicted molar refractivity (Wildman–Crippen MR) is 59.1 cm³/mol. The average molecular weight is 300 g/mol. The summed E-state index contributed by atoms with van der Waals surface area (Å²) >= 11 is 0. The molecule has 0 aromatic heterocycles. The molecule has 0 saturated carbocycles. The van der Waals surface area contributed by atoms with Gasteiger partial charge in [0.1, 0.15) is 5.82 Å². The summed E-state index contributed by atoms with van der Waals surface area (Å²) in [5, 5.41) is 6.07. The summed E-state index contributed by atoms with van der Waals surface area (Å²) < 4.78 is 34.7. The smallest absolute Gasteiger partial charge is 0.367 e. The number of hydrogen-bond donors (Lipinski definition) is 5. The highest BCUT2D eigenvalue weighted by Crippen LogP contribution is 2.68. The quantitative estimate of drug-likeness (QED) is 0.507. The van der Waals surface area contributed by atoms with Crippen LogP contribution in [0.2, 0.25) is 0 Å². The van der Waals surface area contributed by atoms with Crippen LogP contribution in [0.3, 0.4) is 0 Å². The lowest BCUT2D eigenvalue weighted by Gasteiger charge is -2.29. The molecular weight excluding hydrogens is 289 g/mol. The van der Waals surface area contributed by atoms with Crippen molar-refractivity contribution < 1.29 is 38.2 Å². The Labute approximate surface area is 101 Å². The molecule has 0 heterocycles. The first-order chi connectivity index (χ1) is 7.97. The summed E-state index contributed by atoms with van der Waals surface area (Å²) in [6, 6.07) is 4.00. The highest BCUT2D eigenvalue weighted by molar-refractivity contribution is 7.72. The summed E-state index contributed by atoms with van der Waals surface area (Å²) in [5.41, 5.74) is -0.0226. The van der Waals surface area contributed by atoms with Gasteiger partial charge in [0.2, 0.25) is 0 Å². The molecule has 18 heavy (non-hydrogen) atoms. The fourth-order valence-electron chi connectivity index (χ4n) is 1.25. The molecule has 7 nitrogen and oxygen atoms in total. The molecule has 0 aliphatic heterocycles. The van der Waals surface area contributed by atoms with Crippen LogP contribution in [-0.2, 0) is 15.6 Å². The number of hydrogen-bond acceptors (Lipinski definition) is 3. The van der Waals surface area contributed by atoms with Crippen molar-refractivity contribution in [2.24, 2.45) is 0 Å². The second-order valence-corrected chi connectivity index (χ2v) is 7.67. The van der Waals surface area contributed by atoms with Gasteiger partial charge in [0.15, 0.2) is 0 Å². The number of halogens is 1. The number of rotatable bonds is 4. The fourth-order valence-corrected chi connectivity index (χ4v) is 3.39. The lowest BCUT2D eigenvalue weighted by atomic mass is 10.1. The second-order valence-electron chi connectivity index (χ2n) is 3.67. The first kappa shape index (κ1) is 15.5. The molecule has 1 aromatic carbocycles. The topological polar surface area (TPSA) is 135 Å². The van der Waals surface area contributed by atoms with Crippen LogP contribution in [-0.4, -0.2) is 29.8 Å². The minimum Gasteiger partial charge on any atom is -0.367 e. The van der Waals surface area contributed by atoms with Crippen LogP contribution >= 0.6 is 15.2 Å². The average Bonchev–Trinajstić information content (AvgIpc) is 2.18. The van der Waals surface area contributed by atoms with Crippen LogP contribution in [0.15, 0.2) is 24.3 Å². The third kappa shape index (κ3) is 3.05. The van der Waals surface area contributed by atoms with Crippen molar-refractivity contribution in [2.45, 2.75) is 11.5 Å². The Morgan fingerprint density at radius 2 is 1.39 bits per heavy atom. The zero-order valence-corrected chi connectivity index (χ0v) is 10.6. The molecule has 10 heteroatoms. The van der Waals surface area contributed by atoms with Gasteiger partial charge in [-0.2, -0.15) is 0 Å². The molecule has 102 valence electrons. The van der Waals surface area contributed by atoms with Crippen molar-refractivity contribution in [1.82, 2.24) is 0 Å². The second kappa shape index (κ2) is 4.83. The lowest BCUT2D eigenvalue weighted by molar-refractivity contribution is 0.131. The van der Waals surface area contributed by atoms with Crippen molar-refractivity contribution >= 4 is 15.2 Å². The van der Waals surface area contributed by atoms with E-state index in [4.69, 9.17) is 19.6 Å². The third-order valence-corrected chi connectivity index (χ3v) is 6.03. The number of aliphatic hydroxyl groups is 1. The first-order valence-corrected chi connectivity index (χ1v) is 7.78. The highest BCUT2D eigenvalue weighted by atomic mass is 31.2. The zero-order chi connectivity index (χ0) is 14.2. The van der Waals surface area contributed by atoms with E-state index >= 15 is 0 Å². The first-order valence-electron chi connectivity index (χ1n) is 4.55. The molecule has 0 unspecified atom stereocenters. The molecule has 0 saturated heterocycles. The molecule has 0 spiro atoms. The van der Waals surface area contributed by atoms with E-state index in [9.17, 15) is 18.6 Å². The summed E-state index contributed by atoms with van der Waals surface area (Å²) in [7, 11) is -11.0. The van der Waals surface area contributed by atoms with E-state index in [1.54, 1.807) is 0 Å². The van der Waals surface area contributed by atoms with Crippen LogP contribution in [0.1, 0.15) is 5.56 Å². The standard InChI is InChI=1S/C8H11FO7P2/c9-7-3-1-6(2-4-7)5-8(10,17(11,12)13)18(14,15)16/h1-4,10H,5H2,(H2,11,12,13)(H2,14,15,16). The van der Waals surface area contributed by atoms with Gasteiger partial charge in [0, 0.05) is 6.42 Å². The van der Waals surface area contributed by atoms with Crippen molar-refractivity contribution in [3.05, 3.63) is 35.6 Å². The van der Waals surface area contributed by atoms with E-state index in [2.05, 4.69) is 0 Å². The predicted octanol–water partition coefficient (Wildman–Crippen LogP) is 0.370. The van der Waals surface area contributed by atoms with Gasteiger partial charge in [0.25, 0.3) is 5.08 Å². The van der Waals surface area contributed by atoms with Crippen LogP contribution < -0.4 is 0 Å². The van der Waals surface area contributed by atoms with Crippen LogP contribution in [0, 0.1) is 5.82 Å². The van der Waals surface area contributed by atoms with Gasteiger partial charge in [-0.15, -0.1) is 0 Å². The van der Waals surface area contributed by atoms with Crippen LogP contribution in [0.25, 0.3) is 0 Å². The van der Waals surface area contributed by atoms with Crippen molar-refractivity contribution in [1.29, 1.82) is 0 Å². The molecule has 0 aliphatic carbocycles. The summed E-state index contributed by atoms with van der Waals surface area (Å²) in [4.78, 5) is 35.5. The van der Waals surface area contributed by atoms with E-state index in [-0.39, 0.29) is 5.56 Å². The molecular formula is C8H11FO7P2. The molecule has 1 rings (SSSR count). The lowest BCUT2D eigenvalue weighted by Crippen LogP contribution is -2.31. The van der Waals surface area contributed by atoms with Crippen molar-refractivity contribution in [3.8, 4) is 0 Å². The zero-order valence-electron chi connectivity index (χ0n) is 8.84. The Balaban J connectivity index is 3.20. The largest absolute Gasteiger partial charge is 0.369 e. The van der Waals surface area contributed by atoms with Gasteiger partial charge in [-0.25, -0.2) is 4.39 Å². The van der Waals surface area contributed by atoms with E-state index < -0.39 is 32.5 Å². The molecule has 0 atom stereocenters. The monoisotopic (exact) mass is 300 g/mol. The van der Waals surface area contributed by atoms with Crippen LogP contribution in [0.4, 0.5) is 4.39 Å². The van der Waals surface area contributed by atoms with Crippen LogP contribution in [0.5, 0.6) is 0 Å². The van der Waals surface area contributed by atoms with Gasteiger partial charge in [-0.05, 0) is 17.7 Å². The molecule has 0 radical (unpaired) electrons. The summed E-state index contributed by atoms with van der Waals surface area (Å²) in [5.74, 6) is -0.630. The van der Waals surface area contributed by atoms with Gasteiger partial charge in [-0.1, -0.05) is 12.1 Å². The minimum absolute atomic E-state index is 0.0226. The third-order valence-electron chi connectivity index (χ3n) is 2.29. The Kier molecular flexibility index (Phi) is 4.15. The van der Waals surface area contributed by atoms with Crippen molar-refractivity contribution in [3.63, 3.8) is 0 Å². The molecule has 0 amide bonds. The Hall–Kier alpha value is -0.590. The highest BCUT2D eigenvalue weighted by Gasteiger charge is 2.59. The Morgan fingerprint density at radius 3 is 1.72 bits per heavy atom.